The molecule has 1 heterocycles. The zero-order valence-electron chi connectivity index (χ0n) is 18.4. The molecule has 158 valence electrons. The van der Waals surface area contributed by atoms with Crippen LogP contribution in [0.1, 0.15) is 35.3 Å². The standard InChI is InChI=1S/C25H27N5O/c1-5-29(6-2)20-10-12-21(13-11-20)30-27-23-15-18(4)22(16-24(23)28-30)26-25(31)19-9-7-8-17(3)14-19/h7-16H,5-6H2,1-4H3,(H,26,31). The quantitative estimate of drug-likeness (QED) is 0.476. The number of carbonyl (C=O) groups excluding carboxylic acids is 1. The number of hydrogen-bond donors (Lipinski definition) is 1. The van der Waals surface area contributed by atoms with Gasteiger partial charge in [0.15, 0.2) is 0 Å². The lowest BCUT2D eigenvalue weighted by Crippen LogP contribution is -2.21. The number of amides is 1. The van der Waals surface area contributed by atoms with E-state index in [4.69, 9.17) is 0 Å². The maximum absolute atomic E-state index is 12.7. The molecule has 6 heteroatoms. The third kappa shape index (κ3) is 4.28. The lowest BCUT2D eigenvalue weighted by molar-refractivity contribution is 0.102. The summed E-state index contributed by atoms with van der Waals surface area (Å²) >= 11 is 0. The molecule has 0 atom stereocenters. The fourth-order valence-corrected chi connectivity index (χ4v) is 3.68. The summed E-state index contributed by atoms with van der Waals surface area (Å²) in [5, 5.41) is 12.3. The van der Waals surface area contributed by atoms with Gasteiger partial charge in [-0.3, -0.25) is 4.79 Å². The molecule has 0 aliphatic carbocycles. The Balaban J connectivity index is 1.61. The third-order valence-electron chi connectivity index (χ3n) is 5.46. The highest BCUT2D eigenvalue weighted by Crippen LogP contribution is 2.24. The van der Waals surface area contributed by atoms with E-state index in [9.17, 15) is 4.79 Å². The highest BCUT2D eigenvalue weighted by atomic mass is 16.1. The SMILES string of the molecule is CCN(CC)c1ccc(-n2nc3cc(C)c(NC(=O)c4cccc(C)c4)cc3n2)cc1. The van der Waals surface area contributed by atoms with Crippen molar-refractivity contribution in [1.29, 1.82) is 0 Å². The zero-order chi connectivity index (χ0) is 22.0. The van der Waals surface area contributed by atoms with Crippen molar-refractivity contribution in [2.75, 3.05) is 23.3 Å². The predicted molar refractivity (Wildman–Crippen MR) is 126 cm³/mol. The molecule has 0 aliphatic heterocycles. The lowest BCUT2D eigenvalue weighted by atomic mass is 10.1. The van der Waals surface area contributed by atoms with Crippen LogP contribution < -0.4 is 10.2 Å². The van der Waals surface area contributed by atoms with Crippen LogP contribution in [-0.2, 0) is 0 Å². The van der Waals surface area contributed by atoms with Gasteiger partial charge in [-0.05, 0) is 81.8 Å². The maximum atomic E-state index is 12.7. The number of aryl methyl sites for hydroxylation is 2. The molecule has 0 saturated carbocycles. The van der Waals surface area contributed by atoms with Gasteiger partial charge < -0.3 is 10.2 Å². The van der Waals surface area contributed by atoms with Gasteiger partial charge in [0.05, 0.1) is 5.69 Å². The molecule has 0 aliphatic rings. The monoisotopic (exact) mass is 413 g/mol. The average molecular weight is 414 g/mol. The fraction of sp³-hybridized carbons (Fsp3) is 0.240. The van der Waals surface area contributed by atoms with E-state index < -0.39 is 0 Å². The molecule has 0 fully saturated rings. The number of nitrogens with one attached hydrogen (secondary N) is 1. The van der Waals surface area contributed by atoms with Crippen molar-refractivity contribution < 1.29 is 4.79 Å². The van der Waals surface area contributed by atoms with Crippen LogP contribution in [-0.4, -0.2) is 34.0 Å². The average Bonchev–Trinajstić information content (AvgIpc) is 3.18. The molecule has 1 amide bonds. The molecule has 3 aromatic carbocycles. The first-order valence-corrected chi connectivity index (χ1v) is 10.6. The van der Waals surface area contributed by atoms with Gasteiger partial charge in [-0.25, -0.2) is 0 Å². The van der Waals surface area contributed by atoms with Gasteiger partial charge >= 0.3 is 0 Å². The first kappa shape index (κ1) is 20.6. The Kier molecular flexibility index (Phi) is 5.71. The van der Waals surface area contributed by atoms with Crippen molar-refractivity contribution in [3.8, 4) is 5.69 Å². The van der Waals surface area contributed by atoms with Crippen LogP contribution in [0, 0.1) is 13.8 Å². The smallest absolute Gasteiger partial charge is 0.255 e. The Morgan fingerprint density at radius 3 is 2.26 bits per heavy atom. The Bertz CT molecular complexity index is 1220. The predicted octanol–water partition coefficient (Wildman–Crippen LogP) is 5.14. The number of aromatic nitrogens is 3. The molecule has 4 rings (SSSR count). The summed E-state index contributed by atoms with van der Waals surface area (Å²) in [5.41, 5.74) is 6.97. The summed E-state index contributed by atoms with van der Waals surface area (Å²) in [6, 6.07) is 19.6. The van der Waals surface area contributed by atoms with Crippen LogP contribution in [0.25, 0.3) is 16.7 Å². The van der Waals surface area contributed by atoms with Gasteiger partial charge in [0.25, 0.3) is 5.91 Å². The Morgan fingerprint density at radius 2 is 1.61 bits per heavy atom. The first-order chi connectivity index (χ1) is 15.0. The molecule has 6 nitrogen and oxygen atoms in total. The van der Waals surface area contributed by atoms with E-state index in [1.807, 2.05) is 62.4 Å². The Labute approximate surface area is 182 Å². The minimum absolute atomic E-state index is 0.134. The topological polar surface area (TPSA) is 63.1 Å². The van der Waals surface area contributed by atoms with Gasteiger partial charge in [-0.2, -0.15) is 4.80 Å². The second-order valence-electron chi connectivity index (χ2n) is 7.66. The normalized spacial score (nSPS) is 11.0. The van der Waals surface area contributed by atoms with E-state index in [1.54, 1.807) is 4.80 Å². The first-order valence-electron chi connectivity index (χ1n) is 10.6. The number of rotatable bonds is 6. The summed E-state index contributed by atoms with van der Waals surface area (Å²) in [7, 11) is 0. The molecule has 0 saturated heterocycles. The minimum Gasteiger partial charge on any atom is -0.372 e. The van der Waals surface area contributed by atoms with Crippen molar-refractivity contribution in [3.63, 3.8) is 0 Å². The molecular weight excluding hydrogens is 386 g/mol. The molecule has 1 N–H and O–H groups in total. The Morgan fingerprint density at radius 1 is 0.935 bits per heavy atom. The van der Waals surface area contributed by atoms with Crippen LogP contribution in [0.3, 0.4) is 0 Å². The van der Waals surface area contributed by atoms with Crippen LogP contribution >= 0.6 is 0 Å². The Hall–Kier alpha value is -3.67. The third-order valence-corrected chi connectivity index (χ3v) is 5.46. The molecule has 0 radical (unpaired) electrons. The number of anilines is 2. The minimum atomic E-state index is -0.134. The van der Waals surface area contributed by atoms with Crippen LogP contribution in [0.5, 0.6) is 0 Å². The van der Waals surface area contributed by atoms with Gasteiger partial charge in [0, 0.05) is 30.0 Å². The van der Waals surface area contributed by atoms with Gasteiger partial charge in [0.1, 0.15) is 11.0 Å². The largest absolute Gasteiger partial charge is 0.372 e. The highest BCUT2D eigenvalue weighted by Gasteiger charge is 2.12. The van der Waals surface area contributed by atoms with E-state index in [2.05, 4.69) is 46.4 Å². The van der Waals surface area contributed by atoms with E-state index in [0.29, 0.717) is 5.56 Å². The molecule has 0 bridgehead atoms. The van der Waals surface area contributed by atoms with Crippen molar-refractivity contribution >= 4 is 28.3 Å². The molecular formula is C25H27N5O. The molecule has 31 heavy (non-hydrogen) atoms. The molecule has 1 aromatic heterocycles. The number of nitrogens with zero attached hydrogens (tertiary/aromatic N) is 4. The van der Waals surface area contributed by atoms with E-state index in [1.165, 1.54) is 5.69 Å². The maximum Gasteiger partial charge on any atom is 0.255 e. The molecule has 4 aromatic rings. The van der Waals surface area contributed by atoms with E-state index >= 15 is 0 Å². The van der Waals surface area contributed by atoms with Gasteiger partial charge in [0.2, 0.25) is 0 Å². The number of fused-ring (bicyclic) bond motifs is 1. The number of carbonyl (C=O) groups is 1. The summed E-state index contributed by atoms with van der Waals surface area (Å²) in [4.78, 5) is 16.6. The second kappa shape index (κ2) is 8.60. The lowest BCUT2D eigenvalue weighted by Gasteiger charge is -2.20. The van der Waals surface area contributed by atoms with Crippen LogP contribution in [0.2, 0.25) is 0 Å². The number of hydrogen-bond acceptors (Lipinski definition) is 4. The summed E-state index contributed by atoms with van der Waals surface area (Å²) in [6.07, 6.45) is 0. The van der Waals surface area contributed by atoms with E-state index in [0.717, 1.165) is 46.6 Å². The fourth-order valence-electron chi connectivity index (χ4n) is 3.68. The summed E-state index contributed by atoms with van der Waals surface area (Å²) < 4.78 is 0. The highest BCUT2D eigenvalue weighted by molar-refractivity contribution is 6.05. The molecule has 0 unspecified atom stereocenters. The zero-order valence-corrected chi connectivity index (χ0v) is 18.4. The van der Waals surface area contributed by atoms with E-state index in [-0.39, 0.29) is 5.91 Å². The van der Waals surface area contributed by atoms with Crippen molar-refractivity contribution in [2.45, 2.75) is 27.7 Å². The molecule has 0 spiro atoms. The second-order valence-corrected chi connectivity index (χ2v) is 7.66. The van der Waals surface area contributed by atoms with Gasteiger partial charge in [-0.1, -0.05) is 17.7 Å². The van der Waals surface area contributed by atoms with Crippen molar-refractivity contribution in [1.82, 2.24) is 15.0 Å². The van der Waals surface area contributed by atoms with Crippen molar-refractivity contribution in [2.24, 2.45) is 0 Å². The van der Waals surface area contributed by atoms with Crippen molar-refractivity contribution in [3.05, 3.63) is 77.4 Å². The summed E-state index contributed by atoms with van der Waals surface area (Å²) in [5.74, 6) is -0.134. The van der Waals surface area contributed by atoms with Gasteiger partial charge in [-0.15, -0.1) is 10.2 Å². The number of benzene rings is 3. The summed E-state index contributed by atoms with van der Waals surface area (Å²) in [6.45, 7) is 10.2. The van der Waals surface area contributed by atoms with Crippen LogP contribution in [0.15, 0.2) is 60.7 Å². The van der Waals surface area contributed by atoms with Crippen LogP contribution in [0.4, 0.5) is 11.4 Å².